The largest absolute Gasteiger partial charge is 0.427 e. The van der Waals surface area contributed by atoms with E-state index >= 15 is 0 Å². The molecule has 14 heavy (non-hydrogen) atoms. The van der Waals surface area contributed by atoms with Crippen LogP contribution in [0.25, 0.3) is 0 Å². The Bertz CT molecular complexity index is 237. The highest BCUT2D eigenvalue weighted by molar-refractivity contribution is 5.68. The summed E-state index contributed by atoms with van der Waals surface area (Å²) >= 11 is 0. The summed E-state index contributed by atoms with van der Waals surface area (Å²) in [6.45, 7) is 7.50. The van der Waals surface area contributed by atoms with Crippen molar-refractivity contribution in [2.45, 2.75) is 47.0 Å². The van der Waals surface area contributed by atoms with E-state index < -0.39 is 0 Å². The number of carbonyl (C=O) groups excluding carboxylic acids is 1. The number of esters is 1. The fraction of sp³-hybridized carbons (Fsp3) is 0.583. The first-order chi connectivity index (χ1) is 6.74. The fourth-order valence-corrected chi connectivity index (χ4v) is 1.28. The second kappa shape index (κ2) is 7.36. The Balaban J connectivity index is 0.000000791. The quantitative estimate of drug-likeness (QED) is 0.631. The number of hydrogen-bond donors (Lipinski definition) is 0. The van der Waals surface area contributed by atoms with Gasteiger partial charge < -0.3 is 4.74 Å². The Morgan fingerprint density at radius 2 is 1.93 bits per heavy atom. The first-order valence-corrected chi connectivity index (χ1v) is 5.32. The molecule has 0 aromatic rings. The lowest BCUT2D eigenvalue weighted by Crippen LogP contribution is -2.03. The second-order valence-corrected chi connectivity index (χ2v) is 2.82. The summed E-state index contributed by atoms with van der Waals surface area (Å²) in [6, 6.07) is 0. The molecule has 0 aliphatic heterocycles. The Hall–Kier alpha value is -1.05. The Morgan fingerprint density at radius 3 is 2.43 bits per heavy atom. The minimum Gasteiger partial charge on any atom is -0.427 e. The highest BCUT2D eigenvalue weighted by Crippen LogP contribution is 2.22. The van der Waals surface area contributed by atoms with E-state index in [1.807, 2.05) is 19.9 Å². The normalized spacial score (nSPS) is 14.6. The predicted molar refractivity (Wildman–Crippen MR) is 58.8 cm³/mol. The molecule has 0 saturated heterocycles. The van der Waals surface area contributed by atoms with Gasteiger partial charge in [-0.25, -0.2) is 0 Å². The van der Waals surface area contributed by atoms with E-state index in [2.05, 4.69) is 13.0 Å². The van der Waals surface area contributed by atoms with E-state index in [-0.39, 0.29) is 5.97 Å². The lowest BCUT2D eigenvalue weighted by molar-refractivity contribution is -0.136. The van der Waals surface area contributed by atoms with E-state index in [1.54, 1.807) is 0 Å². The lowest BCUT2D eigenvalue weighted by Gasteiger charge is -2.13. The topological polar surface area (TPSA) is 26.3 Å². The molecule has 0 unspecified atom stereocenters. The Kier molecular flexibility index (Phi) is 6.81. The van der Waals surface area contributed by atoms with Crippen LogP contribution in [-0.2, 0) is 9.53 Å². The SMILES string of the molecule is CC.CCC1=CCCC=C1OC(C)=O. The van der Waals surface area contributed by atoms with Crippen LogP contribution < -0.4 is 0 Å². The molecule has 0 amide bonds. The molecule has 0 aromatic heterocycles. The van der Waals surface area contributed by atoms with Gasteiger partial charge in [0.25, 0.3) is 0 Å². The van der Waals surface area contributed by atoms with Crippen molar-refractivity contribution in [1.82, 2.24) is 0 Å². The van der Waals surface area contributed by atoms with Crippen molar-refractivity contribution in [2.24, 2.45) is 0 Å². The monoisotopic (exact) mass is 196 g/mol. The van der Waals surface area contributed by atoms with E-state index in [0.717, 1.165) is 30.6 Å². The fourth-order valence-electron chi connectivity index (χ4n) is 1.28. The highest BCUT2D eigenvalue weighted by atomic mass is 16.5. The maximum absolute atomic E-state index is 10.7. The third kappa shape index (κ3) is 4.26. The van der Waals surface area contributed by atoms with Crippen molar-refractivity contribution in [3.8, 4) is 0 Å². The molecule has 0 aromatic carbocycles. The van der Waals surface area contributed by atoms with Gasteiger partial charge in [-0.3, -0.25) is 4.79 Å². The van der Waals surface area contributed by atoms with Gasteiger partial charge in [0, 0.05) is 6.92 Å². The average Bonchev–Trinajstić information content (AvgIpc) is 2.21. The summed E-state index contributed by atoms with van der Waals surface area (Å²) in [6.07, 6.45) is 7.09. The second-order valence-electron chi connectivity index (χ2n) is 2.82. The van der Waals surface area contributed by atoms with Gasteiger partial charge >= 0.3 is 5.97 Å². The third-order valence-electron chi connectivity index (χ3n) is 1.84. The van der Waals surface area contributed by atoms with E-state index in [0.29, 0.717) is 0 Å². The van der Waals surface area contributed by atoms with Crippen molar-refractivity contribution < 1.29 is 9.53 Å². The minimum atomic E-state index is -0.234. The van der Waals surface area contributed by atoms with Crippen molar-refractivity contribution in [3.05, 3.63) is 23.5 Å². The molecule has 0 spiro atoms. The molecule has 2 heteroatoms. The summed E-state index contributed by atoms with van der Waals surface area (Å²) < 4.78 is 5.05. The first-order valence-electron chi connectivity index (χ1n) is 5.32. The molecule has 1 aliphatic rings. The summed E-state index contributed by atoms with van der Waals surface area (Å²) in [5.41, 5.74) is 1.15. The van der Waals surface area contributed by atoms with Crippen molar-refractivity contribution in [3.63, 3.8) is 0 Å². The maximum Gasteiger partial charge on any atom is 0.308 e. The van der Waals surface area contributed by atoms with Gasteiger partial charge in [-0.15, -0.1) is 0 Å². The maximum atomic E-state index is 10.7. The molecule has 0 atom stereocenters. The van der Waals surface area contributed by atoms with Crippen LogP contribution in [0, 0.1) is 0 Å². The third-order valence-corrected chi connectivity index (χ3v) is 1.84. The molecule has 80 valence electrons. The molecule has 0 radical (unpaired) electrons. The lowest BCUT2D eigenvalue weighted by atomic mass is 10.0. The van der Waals surface area contributed by atoms with Gasteiger partial charge in [0.05, 0.1) is 0 Å². The van der Waals surface area contributed by atoms with E-state index in [9.17, 15) is 4.79 Å². The van der Waals surface area contributed by atoms with Gasteiger partial charge in [-0.1, -0.05) is 26.8 Å². The summed E-state index contributed by atoms with van der Waals surface area (Å²) in [5.74, 6) is 0.527. The van der Waals surface area contributed by atoms with Crippen LogP contribution in [0.3, 0.4) is 0 Å². The number of allylic oxidation sites excluding steroid dienone is 3. The van der Waals surface area contributed by atoms with Crippen molar-refractivity contribution in [1.29, 1.82) is 0 Å². The molecule has 1 aliphatic carbocycles. The average molecular weight is 196 g/mol. The molecular weight excluding hydrogens is 176 g/mol. The predicted octanol–water partition coefficient (Wildman–Crippen LogP) is 3.59. The van der Waals surface area contributed by atoms with Crippen LogP contribution in [0.1, 0.15) is 47.0 Å². The zero-order valence-electron chi connectivity index (χ0n) is 9.59. The van der Waals surface area contributed by atoms with Crippen LogP contribution in [-0.4, -0.2) is 5.97 Å². The minimum absolute atomic E-state index is 0.234. The number of hydrogen-bond acceptors (Lipinski definition) is 2. The van der Waals surface area contributed by atoms with Gasteiger partial charge in [0.2, 0.25) is 0 Å². The van der Waals surface area contributed by atoms with Crippen LogP contribution >= 0.6 is 0 Å². The molecule has 0 N–H and O–H groups in total. The van der Waals surface area contributed by atoms with E-state index in [4.69, 9.17) is 4.74 Å². The molecule has 0 bridgehead atoms. The van der Waals surface area contributed by atoms with Gasteiger partial charge in [0.15, 0.2) is 0 Å². The standard InChI is InChI=1S/C10H14O2.C2H6/c1-3-9-6-4-5-7-10(9)12-8(2)11;1-2/h6-7H,3-5H2,1-2H3;1-2H3. The molecule has 1 rings (SSSR count). The smallest absolute Gasteiger partial charge is 0.308 e. The van der Waals surface area contributed by atoms with Crippen LogP contribution in [0.5, 0.6) is 0 Å². The summed E-state index contributed by atoms with van der Waals surface area (Å²) in [5, 5.41) is 0. The van der Waals surface area contributed by atoms with Crippen LogP contribution in [0.4, 0.5) is 0 Å². The van der Waals surface area contributed by atoms with Gasteiger partial charge in [-0.05, 0) is 30.9 Å². The molecule has 0 heterocycles. The highest BCUT2D eigenvalue weighted by Gasteiger charge is 2.09. The van der Waals surface area contributed by atoms with E-state index in [1.165, 1.54) is 6.92 Å². The van der Waals surface area contributed by atoms with Crippen LogP contribution in [0.15, 0.2) is 23.5 Å². The summed E-state index contributed by atoms with van der Waals surface area (Å²) in [7, 11) is 0. The Labute approximate surface area is 86.6 Å². The van der Waals surface area contributed by atoms with Crippen molar-refractivity contribution >= 4 is 5.97 Å². The molecule has 0 saturated carbocycles. The van der Waals surface area contributed by atoms with Gasteiger partial charge in [0.1, 0.15) is 5.76 Å². The number of ether oxygens (including phenoxy) is 1. The zero-order chi connectivity index (χ0) is 11.0. The Morgan fingerprint density at radius 1 is 1.36 bits per heavy atom. The first kappa shape index (κ1) is 12.9. The van der Waals surface area contributed by atoms with Crippen molar-refractivity contribution in [2.75, 3.05) is 0 Å². The molecule has 2 nitrogen and oxygen atoms in total. The molecule has 0 fully saturated rings. The number of rotatable bonds is 2. The zero-order valence-corrected chi connectivity index (χ0v) is 9.59. The molecular formula is C12H20O2. The summed E-state index contributed by atoms with van der Waals surface area (Å²) in [4.78, 5) is 10.7. The number of carbonyl (C=O) groups is 1. The van der Waals surface area contributed by atoms with Gasteiger partial charge in [-0.2, -0.15) is 0 Å². The van der Waals surface area contributed by atoms with Crippen LogP contribution in [0.2, 0.25) is 0 Å².